The van der Waals surface area contributed by atoms with Gasteiger partial charge in [-0.1, -0.05) is 42.5 Å². The van der Waals surface area contributed by atoms with Gasteiger partial charge in [0, 0.05) is 18.5 Å². The van der Waals surface area contributed by atoms with Gasteiger partial charge in [-0.25, -0.2) is 4.98 Å². The molecule has 1 aliphatic rings. The summed E-state index contributed by atoms with van der Waals surface area (Å²) in [7, 11) is 0. The Balaban J connectivity index is 1.64. The second kappa shape index (κ2) is 6.65. The average molecular weight is 331 g/mol. The smallest absolute Gasteiger partial charge is 0.226 e. The van der Waals surface area contributed by atoms with Crippen molar-refractivity contribution in [3.8, 4) is 11.3 Å². The number of benzene rings is 2. The zero-order valence-electron chi connectivity index (χ0n) is 13.5. The Morgan fingerprint density at radius 2 is 2.04 bits per heavy atom. The van der Waals surface area contributed by atoms with Crippen molar-refractivity contribution < 1.29 is 9.21 Å². The Morgan fingerprint density at radius 1 is 1.12 bits per heavy atom. The van der Waals surface area contributed by atoms with Gasteiger partial charge in [-0.2, -0.15) is 0 Å². The first-order valence-electron chi connectivity index (χ1n) is 8.13. The van der Waals surface area contributed by atoms with Gasteiger partial charge < -0.3 is 15.1 Å². The molecular formula is C20H17N3O2. The third-order valence-corrected chi connectivity index (χ3v) is 4.08. The molecule has 2 aromatic carbocycles. The first kappa shape index (κ1) is 15.2. The van der Waals surface area contributed by atoms with E-state index in [2.05, 4.69) is 15.6 Å². The molecule has 0 saturated carbocycles. The van der Waals surface area contributed by atoms with Gasteiger partial charge in [-0.3, -0.25) is 4.79 Å². The lowest BCUT2D eigenvalue weighted by molar-refractivity contribution is -0.115. The Morgan fingerprint density at radius 3 is 2.92 bits per heavy atom. The maximum absolute atomic E-state index is 11.7. The standard InChI is InChI=1S/C20H17N3O2/c24-19-9-10-22-20-15(4-2-6-17(20)23-19)8-7-14-3-1-5-16(11-14)18-12-21-13-25-18/h1-8,11-13,22H,9-10H2,(H,23,24)/b8-7+. The Kier molecular flexibility index (Phi) is 4.04. The highest BCUT2D eigenvalue weighted by molar-refractivity contribution is 5.98. The highest BCUT2D eigenvalue weighted by Gasteiger charge is 2.13. The molecule has 1 aliphatic heterocycles. The van der Waals surface area contributed by atoms with Crippen molar-refractivity contribution in [3.05, 3.63) is 66.2 Å². The molecular weight excluding hydrogens is 314 g/mol. The van der Waals surface area contributed by atoms with E-state index in [1.165, 1.54) is 6.39 Å². The molecule has 5 nitrogen and oxygen atoms in total. The first-order valence-corrected chi connectivity index (χ1v) is 8.13. The molecule has 1 aromatic heterocycles. The summed E-state index contributed by atoms with van der Waals surface area (Å²) in [6, 6.07) is 13.9. The van der Waals surface area contributed by atoms with E-state index < -0.39 is 0 Å². The minimum atomic E-state index is 0.0344. The average Bonchev–Trinajstić information content (AvgIpc) is 3.09. The van der Waals surface area contributed by atoms with E-state index in [9.17, 15) is 4.79 Å². The Hall–Kier alpha value is -3.34. The van der Waals surface area contributed by atoms with Gasteiger partial charge in [0.15, 0.2) is 12.2 Å². The highest BCUT2D eigenvalue weighted by atomic mass is 16.3. The van der Waals surface area contributed by atoms with Gasteiger partial charge in [-0.05, 0) is 23.3 Å². The van der Waals surface area contributed by atoms with E-state index in [0.29, 0.717) is 13.0 Å². The minimum Gasteiger partial charge on any atom is -0.444 e. The second-order valence-electron chi connectivity index (χ2n) is 5.82. The molecule has 0 radical (unpaired) electrons. The SMILES string of the molecule is O=C1CCNc2c(/C=C/c3cccc(-c4cnco4)c3)cccc2N1. The van der Waals surface area contributed by atoms with E-state index in [-0.39, 0.29) is 5.91 Å². The van der Waals surface area contributed by atoms with E-state index in [4.69, 9.17) is 4.42 Å². The molecule has 0 saturated heterocycles. The number of fused-ring (bicyclic) bond motifs is 1. The third kappa shape index (κ3) is 3.30. The molecule has 1 amide bonds. The molecule has 124 valence electrons. The van der Waals surface area contributed by atoms with Gasteiger partial charge in [0.25, 0.3) is 0 Å². The molecule has 4 rings (SSSR count). The molecule has 3 aromatic rings. The molecule has 25 heavy (non-hydrogen) atoms. The van der Waals surface area contributed by atoms with Crippen LogP contribution in [0.15, 0.2) is 59.5 Å². The monoisotopic (exact) mass is 331 g/mol. The van der Waals surface area contributed by atoms with E-state index in [1.807, 2.05) is 54.6 Å². The number of hydrogen-bond donors (Lipinski definition) is 2. The van der Waals surface area contributed by atoms with Gasteiger partial charge >= 0.3 is 0 Å². The fraction of sp³-hybridized carbons (Fsp3) is 0.100. The predicted octanol–water partition coefficient (Wildman–Crippen LogP) is 4.27. The van der Waals surface area contributed by atoms with Crippen molar-refractivity contribution in [2.75, 3.05) is 17.2 Å². The van der Waals surface area contributed by atoms with Crippen LogP contribution in [0, 0.1) is 0 Å². The van der Waals surface area contributed by atoms with Crippen LogP contribution in [0.3, 0.4) is 0 Å². The van der Waals surface area contributed by atoms with Crippen LogP contribution in [0.1, 0.15) is 17.5 Å². The summed E-state index contributed by atoms with van der Waals surface area (Å²) in [4.78, 5) is 15.7. The van der Waals surface area contributed by atoms with Crippen molar-refractivity contribution in [3.63, 3.8) is 0 Å². The minimum absolute atomic E-state index is 0.0344. The number of anilines is 2. The summed E-state index contributed by atoms with van der Waals surface area (Å²) in [6.45, 7) is 0.630. The number of carbonyl (C=O) groups is 1. The summed E-state index contributed by atoms with van der Waals surface area (Å²) in [6.07, 6.45) is 7.69. The van der Waals surface area contributed by atoms with E-state index in [0.717, 1.165) is 33.8 Å². The van der Waals surface area contributed by atoms with Gasteiger partial charge in [0.1, 0.15) is 0 Å². The number of aromatic nitrogens is 1. The first-order chi connectivity index (χ1) is 12.3. The summed E-state index contributed by atoms with van der Waals surface area (Å²) in [5, 5.41) is 6.27. The lowest BCUT2D eigenvalue weighted by Crippen LogP contribution is -2.10. The van der Waals surface area contributed by atoms with Crippen molar-refractivity contribution in [1.82, 2.24) is 4.98 Å². The fourth-order valence-electron chi connectivity index (χ4n) is 2.86. The largest absolute Gasteiger partial charge is 0.444 e. The van der Waals surface area contributed by atoms with Crippen molar-refractivity contribution in [1.29, 1.82) is 0 Å². The van der Waals surface area contributed by atoms with Crippen LogP contribution in [0.5, 0.6) is 0 Å². The Labute approximate surface area is 145 Å². The number of nitrogens with one attached hydrogen (secondary N) is 2. The van der Waals surface area contributed by atoms with Crippen molar-refractivity contribution in [2.45, 2.75) is 6.42 Å². The number of oxazole rings is 1. The number of amides is 1. The molecule has 5 heteroatoms. The van der Waals surface area contributed by atoms with Crippen molar-refractivity contribution in [2.24, 2.45) is 0 Å². The van der Waals surface area contributed by atoms with Crippen LogP contribution in [0.4, 0.5) is 11.4 Å². The lowest BCUT2D eigenvalue weighted by atomic mass is 10.1. The van der Waals surface area contributed by atoms with Gasteiger partial charge in [0.2, 0.25) is 5.91 Å². The topological polar surface area (TPSA) is 67.2 Å². The molecule has 2 N–H and O–H groups in total. The molecule has 2 heterocycles. The second-order valence-corrected chi connectivity index (χ2v) is 5.82. The molecule has 0 bridgehead atoms. The molecule has 0 unspecified atom stereocenters. The van der Waals surface area contributed by atoms with Crippen LogP contribution in [-0.2, 0) is 4.79 Å². The number of hydrogen-bond acceptors (Lipinski definition) is 4. The summed E-state index contributed by atoms with van der Waals surface area (Å²) in [5.74, 6) is 0.778. The number of rotatable bonds is 3. The van der Waals surface area contributed by atoms with Crippen LogP contribution in [0.25, 0.3) is 23.5 Å². The maximum Gasteiger partial charge on any atom is 0.226 e. The van der Waals surface area contributed by atoms with Crippen LogP contribution in [0.2, 0.25) is 0 Å². The zero-order valence-corrected chi connectivity index (χ0v) is 13.5. The third-order valence-electron chi connectivity index (χ3n) is 4.08. The summed E-state index contributed by atoms with van der Waals surface area (Å²) in [5.41, 5.74) is 4.85. The van der Waals surface area contributed by atoms with E-state index >= 15 is 0 Å². The molecule has 0 aliphatic carbocycles. The maximum atomic E-state index is 11.7. The number of para-hydroxylation sites is 1. The van der Waals surface area contributed by atoms with Crippen LogP contribution < -0.4 is 10.6 Å². The van der Waals surface area contributed by atoms with Crippen LogP contribution in [-0.4, -0.2) is 17.4 Å². The van der Waals surface area contributed by atoms with Crippen molar-refractivity contribution >= 4 is 29.4 Å². The lowest BCUT2D eigenvalue weighted by Gasteiger charge is -2.11. The number of carbonyl (C=O) groups excluding carboxylic acids is 1. The van der Waals surface area contributed by atoms with Gasteiger partial charge in [-0.15, -0.1) is 0 Å². The predicted molar refractivity (Wildman–Crippen MR) is 99.0 cm³/mol. The molecule has 0 fully saturated rings. The molecule has 0 atom stereocenters. The van der Waals surface area contributed by atoms with Gasteiger partial charge in [0.05, 0.1) is 17.6 Å². The summed E-state index contributed by atoms with van der Waals surface area (Å²) >= 11 is 0. The molecule has 0 spiro atoms. The zero-order chi connectivity index (χ0) is 17.1. The fourth-order valence-corrected chi connectivity index (χ4v) is 2.86. The van der Waals surface area contributed by atoms with Crippen LogP contribution >= 0.6 is 0 Å². The quantitative estimate of drug-likeness (QED) is 0.704. The number of nitrogens with zero attached hydrogens (tertiary/aromatic N) is 1. The summed E-state index contributed by atoms with van der Waals surface area (Å²) < 4.78 is 5.35. The normalized spacial score (nSPS) is 13.8. The Bertz CT molecular complexity index is 930. The highest BCUT2D eigenvalue weighted by Crippen LogP contribution is 2.30. The van der Waals surface area contributed by atoms with E-state index in [1.54, 1.807) is 6.20 Å².